The lowest BCUT2D eigenvalue weighted by atomic mass is 9.84. The van der Waals surface area contributed by atoms with Crippen molar-refractivity contribution in [1.82, 2.24) is 34.1 Å². The van der Waals surface area contributed by atoms with Crippen LogP contribution >= 0.6 is 22.7 Å². The van der Waals surface area contributed by atoms with E-state index in [4.69, 9.17) is 19.7 Å². The minimum absolute atomic E-state index is 0.190. The van der Waals surface area contributed by atoms with Gasteiger partial charge in [-0.3, -0.25) is 35.2 Å². The zero-order valence-electron chi connectivity index (χ0n) is 34.4. The Morgan fingerprint density at radius 2 is 1.48 bits per heavy atom. The third kappa shape index (κ3) is 9.47. The second-order valence-corrected chi connectivity index (χ2v) is 17.8. The normalized spacial score (nSPS) is 13.2. The van der Waals surface area contributed by atoms with E-state index >= 15 is 0 Å². The Bertz CT molecular complexity index is 2790. The Morgan fingerprint density at radius 3 is 2.27 bits per heavy atom. The molecule has 0 unspecified atom stereocenters. The highest BCUT2D eigenvalue weighted by atomic mass is 32.1. The number of benzene rings is 1. The fourth-order valence-corrected chi connectivity index (χ4v) is 9.04. The predicted octanol–water partition coefficient (Wildman–Crippen LogP) is 9.77. The largest absolute Gasteiger partial charge is 0.364 e. The molecule has 7 aromatic heterocycles. The van der Waals surface area contributed by atoms with E-state index in [0.717, 1.165) is 65.0 Å². The summed E-state index contributed by atoms with van der Waals surface area (Å²) >= 11 is 2.82. The summed E-state index contributed by atoms with van der Waals surface area (Å²) in [6.07, 6.45) is 14.4. The highest BCUT2D eigenvalue weighted by molar-refractivity contribution is 7.14. The topological polar surface area (TPSA) is 142 Å². The molecule has 12 nitrogen and oxygen atoms in total. The first-order valence-electron chi connectivity index (χ1n) is 20.5. The monoisotopic (exact) mass is 859 g/mol. The molecule has 1 saturated carbocycles. The molecule has 7 heterocycles. The average molecular weight is 860 g/mol. The van der Waals surface area contributed by atoms with Crippen molar-refractivity contribution in [1.29, 1.82) is 0 Å². The first-order chi connectivity index (χ1) is 30.2. The summed E-state index contributed by atoms with van der Waals surface area (Å²) in [5, 5.41) is 11.1. The quantitative estimate of drug-likeness (QED) is 0.0922. The number of amides is 2. The number of carbonyl (C=O) groups is 2. The van der Waals surface area contributed by atoms with Gasteiger partial charge >= 0.3 is 0 Å². The standard InChI is InChI=1S/C48H45N9O3S2/c1-47(2,17-13-37-11-6-7-20-50-37)41-31-61-45(52-41)54-43(58)39-12-8-24-56(39)28-35-16-23-51-38(25-35)36-26-40(57(29-36)27-33-14-21-49-22-15-33)44(59)55-46-53-42(32-62-46)48(18-19-48)60-30-34-9-4-3-5-10-34/h3-12,14-16,20-26,29,31-32H,13,17-19,27-28,30H2,1-2H3,(H,52,54,58)(H,53,55,59). The van der Waals surface area contributed by atoms with Gasteiger partial charge in [0.1, 0.15) is 17.0 Å². The summed E-state index contributed by atoms with van der Waals surface area (Å²) in [4.78, 5) is 50.6. The van der Waals surface area contributed by atoms with Gasteiger partial charge in [-0.2, -0.15) is 0 Å². The lowest BCUT2D eigenvalue weighted by molar-refractivity contribution is 0.0147. The molecule has 1 aliphatic rings. The number of nitrogens with one attached hydrogen (secondary N) is 2. The minimum atomic E-state index is -0.421. The predicted molar refractivity (Wildman–Crippen MR) is 242 cm³/mol. The van der Waals surface area contributed by atoms with Crippen LogP contribution in [0.5, 0.6) is 0 Å². The maximum Gasteiger partial charge on any atom is 0.274 e. The third-order valence-corrected chi connectivity index (χ3v) is 12.7. The number of pyridine rings is 3. The zero-order valence-corrected chi connectivity index (χ0v) is 36.0. The highest BCUT2D eigenvalue weighted by Crippen LogP contribution is 2.50. The van der Waals surface area contributed by atoms with E-state index in [1.807, 2.05) is 111 Å². The molecule has 0 saturated heterocycles. The van der Waals surface area contributed by atoms with Crippen LogP contribution in [0, 0.1) is 0 Å². The number of ether oxygens (including phenoxy) is 1. The molecular formula is C48H45N9O3S2. The van der Waals surface area contributed by atoms with Crippen molar-refractivity contribution in [2.75, 3.05) is 10.6 Å². The minimum Gasteiger partial charge on any atom is -0.364 e. The number of aromatic nitrogens is 7. The van der Waals surface area contributed by atoms with Crippen LogP contribution < -0.4 is 10.6 Å². The SMILES string of the molecule is CC(C)(CCc1ccccn1)c1csc(NC(=O)c2cccn2Cc2ccnc(-c3cc(C(=O)Nc4nc(C5(OCc6ccccc6)CC5)cs4)n(Cc4ccncc4)c3)c2)n1. The summed E-state index contributed by atoms with van der Waals surface area (Å²) in [6.45, 7) is 5.73. The van der Waals surface area contributed by atoms with E-state index in [-0.39, 0.29) is 17.2 Å². The average Bonchev–Trinajstić information content (AvgIpc) is 3.78. The summed E-state index contributed by atoms with van der Waals surface area (Å²) < 4.78 is 10.2. The van der Waals surface area contributed by atoms with E-state index in [1.54, 1.807) is 24.7 Å². The maximum absolute atomic E-state index is 14.0. The van der Waals surface area contributed by atoms with Crippen LogP contribution in [0.15, 0.2) is 139 Å². The fraction of sp³-hybridized carbons (Fsp3) is 0.229. The Hall–Kier alpha value is -6.61. The molecule has 62 heavy (non-hydrogen) atoms. The molecule has 8 aromatic rings. The van der Waals surface area contributed by atoms with Crippen LogP contribution in [-0.2, 0) is 41.9 Å². The molecule has 1 aliphatic carbocycles. The third-order valence-electron chi connectivity index (χ3n) is 11.2. The molecule has 0 bridgehead atoms. The van der Waals surface area contributed by atoms with Crippen LogP contribution in [0.3, 0.4) is 0 Å². The first kappa shape index (κ1) is 40.8. The van der Waals surface area contributed by atoms with Gasteiger partial charge in [0.25, 0.3) is 11.8 Å². The zero-order chi connectivity index (χ0) is 42.5. The van der Waals surface area contributed by atoms with Crippen LogP contribution in [0.4, 0.5) is 10.3 Å². The van der Waals surface area contributed by atoms with Gasteiger partial charge in [0.05, 0.1) is 23.7 Å². The molecule has 0 aliphatic heterocycles. The number of nitrogens with zero attached hydrogens (tertiary/aromatic N) is 7. The first-order valence-corrected chi connectivity index (χ1v) is 22.3. The van der Waals surface area contributed by atoms with Crippen molar-refractivity contribution >= 4 is 44.8 Å². The maximum atomic E-state index is 14.0. The van der Waals surface area contributed by atoms with Crippen molar-refractivity contribution in [2.45, 2.75) is 70.2 Å². The number of anilines is 2. The summed E-state index contributed by atoms with van der Waals surface area (Å²) in [6, 6.07) is 29.4. The van der Waals surface area contributed by atoms with Crippen molar-refractivity contribution in [2.24, 2.45) is 0 Å². The molecule has 1 aromatic carbocycles. The van der Waals surface area contributed by atoms with E-state index < -0.39 is 5.60 Å². The van der Waals surface area contributed by atoms with Crippen LogP contribution in [0.1, 0.15) is 87.9 Å². The lowest BCUT2D eigenvalue weighted by Crippen LogP contribution is -2.20. The lowest BCUT2D eigenvalue weighted by Gasteiger charge is -2.22. The van der Waals surface area contributed by atoms with Gasteiger partial charge in [-0.25, -0.2) is 9.97 Å². The summed E-state index contributed by atoms with van der Waals surface area (Å²) in [5.41, 5.74) is 7.73. The Balaban J connectivity index is 0.885. The van der Waals surface area contributed by atoms with Gasteiger partial charge in [-0.1, -0.05) is 50.2 Å². The van der Waals surface area contributed by atoms with Crippen LogP contribution in [0.25, 0.3) is 11.3 Å². The van der Waals surface area contributed by atoms with Gasteiger partial charge in [-0.15, -0.1) is 22.7 Å². The molecular weight excluding hydrogens is 815 g/mol. The van der Waals surface area contributed by atoms with E-state index in [9.17, 15) is 9.59 Å². The second-order valence-electron chi connectivity index (χ2n) is 16.1. The Morgan fingerprint density at radius 1 is 0.742 bits per heavy atom. The molecule has 0 radical (unpaired) electrons. The van der Waals surface area contributed by atoms with Crippen molar-refractivity contribution in [3.63, 3.8) is 0 Å². The van der Waals surface area contributed by atoms with Crippen molar-refractivity contribution in [3.05, 3.63) is 184 Å². The van der Waals surface area contributed by atoms with Gasteiger partial charge < -0.3 is 13.9 Å². The number of hydrogen-bond acceptors (Lipinski definition) is 10. The van der Waals surface area contributed by atoms with Crippen molar-refractivity contribution in [3.8, 4) is 11.3 Å². The molecule has 1 fully saturated rings. The Labute approximate surface area is 367 Å². The van der Waals surface area contributed by atoms with Crippen LogP contribution in [-0.4, -0.2) is 45.9 Å². The fourth-order valence-electron chi connectivity index (χ4n) is 7.35. The van der Waals surface area contributed by atoms with Gasteiger partial charge in [0.15, 0.2) is 10.3 Å². The molecule has 312 valence electrons. The molecule has 9 rings (SSSR count). The highest BCUT2D eigenvalue weighted by Gasteiger charge is 2.48. The summed E-state index contributed by atoms with van der Waals surface area (Å²) in [7, 11) is 0. The van der Waals surface area contributed by atoms with E-state index in [1.165, 1.54) is 22.7 Å². The van der Waals surface area contributed by atoms with Gasteiger partial charge in [0, 0.05) is 77.7 Å². The van der Waals surface area contributed by atoms with Gasteiger partial charge in [-0.05, 0) is 97.0 Å². The molecule has 0 spiro atoms. The Kier molecular flexibility index (Phi) is 11.7. The van der Waals surface area contributed by atoms with Crippen molar-refractivity contribution < 1.29 is 14.3 Å². The molecule has 14 heteroatoms. The number of hydrogen-bond donors (Lipinski definition) is 2. The summed E-state index contributed by atoms with van der Waals surface area (Å²) in [5.74, 6) is -0.513. The molecule has 0 atom stereocenters. The van der Waals surface area contributed by atoms with E-state index in [2.05, 4.69) is 46.6 Å². The molecule has 2 N–H and O–H groups in total. The smallest absolute Gasteiger partial charge is 0.274 e. The number of thiazole rings is 2. The van der Waals surface area contributed by atoms with Crippen LogP contribution in [0.2, 0.25) is 0 Å². The number of rotatable bonds is 17. The molecule has 2 amide bonds. The van der Waals surface area contributed by atoms with Gasteiger partial charge in [0.2, 0.25) is 0 Å². The number of carbonyl (C=O) groups excluding carboxylic acids is 2. The second kappa shape index (κ2) is 17.8. The number of aryl methyl sites for hydroxylation is 1. The van der Waals surface area contributed by atoms with E-state index in [0.29, 0.717) is 47.0 Å².